The average Bonchev–Trinajstić information content (AvgIpc) is 2.27. The van der Waals surface area contributed by atoms with E-state index < -0.39 is 29.9 Å². The van der Waals surface area contributed by atoms with E-state index in [-0.39, 0.29) is 6.42 Å². The molecule has 0 radical (unpaired) electrons. The van der Waals surface area contributed by atoms with Crippen molar-refractivity contribution in [2.24, 2.45) is 0 Å². The number of carbonyl (C=O) groups excluding carboxylic acids is 1. The third kappa shape index (κ3) is 4.95. The molecule has 5 nitrogen and oxygen atoms in total. The molecule has 104 valence electrons. The Morgan fingerprint density at radius 2 is 1.89 bits per heavy atom. The van der Waals surface area contributed by atoms with Gasteiger partial charge < -0.3 is 15.7 Å². The van der Waals surface area contributed by atoms with E-state index in [9.17, 15) is 14.0 Å². The van der Waals surface area contributed by atoms with E-state index in [0.717, 1.165) is 0 Å². The summed E-state index contributed by atoms with van der Waals surface area (Å²) in [7, 11) is 0. The molecule has 6 heteroatoms. The van der Waals surface area contributed by atoms with Crippen molar-refractivity contribution in [2.75, 3.05) is 0 Å². The second-order valence-corrected chi connectivity index (χ2v) is 4.36. The lowest BCUT2D eigenvalue weighted by Crippen LogP contribution is -2.42. The molecule has 1 rings (SSSR count). The van der Waals surface area contributed by atoms with Crippen molar-refractivity contribution >= 4 is 12.0 Å². The van der Waals surface area contributed by atoms with Gasteiger partial charge in [0.15, 0.2) is 0 Å². The fraction of sp³-hybridized carbons (Fsp3) is 0.385. The lowest BCUT2D eigenvalue weighted by atomic mass is 10.1. The minimum Gasteiger partial charge on any atom is -0.481 e. The van der Waals surface area contributed by atoms with Crippen molar-refractivity contribution in [3.8, 4) is 0 Å². The molecule has 0 fully saturated rings. The summed E-state index contributed by atoms with van der Waals surface area (Å²) < 4.78 is 13.5. The number of nitrogens with one attached hydrogen (secondary N) is 2. The minimum absolute atomic E-state index is 0.165. The second kappa shape index (κ2) is 6.72. The summed E-state index contributed by atoms with van der Waals surface area (Å²) in [5.74, 6) is -1.39. The first-order valence-corrected chi connectivity index (χ1v) is 5.93. The van der Waals surface area contributed by atoms with Crippen molar-refractivity contribution in [1.82, 2.24) is 10.6 Å². The number of carboxylic acid groups (broad SMARTS) is 1. The SMILES string of the molecule is CC(CC(=O)O)NC(=O)NC(C)c1ccccc1F. The van der Waals surface area contributed by atoms with Gasteiger partial charge in [-0.2, -0.15) is 0 Å². The Labute approximate surface area is 110 Å². The first kappa shape index (κ1) is 14.9. The number of halogens is 1. The number of rotatable bonds is 5. The lowest BCUT2D eigenvalue weighted by molar-refractivity contribution is -0.137. The lowest BCUT2D eigenvalue weighted by Gasteiger charge is -2.18. The highest BCUT2D eigenvalue weighted by molar-refractivity contribution is 5.76. The van der Waals surface area contributed by atoms with Gasteiger partial charge in [-0.15, -0.1) is 0 Å². The standard InChI is InChI=1S/C13H17FN2O3/c1-8(7-12(17)18)15-13(19)16-9(2)10-5-3-4-6-11(10)14/h3-6,8-9H,7H2,1-2H3,(H,17,18)(H2,15,16,19). The van der Waals surface area contributed by atoms with Crippen LogP contribution in [0.2, 0.25) is 0 Å². The summed E-state index contributed by atoms with van der Waals surface area (Å²) in [4.78, 5) is 22.1. The Kier molecular flexibility index (Phi) is 5.29. The third-order valence-electron chi connectivity index (χ3n) is 2.58. The van der Waals surface area contributed by atoms with Crippen LogP contribution in [0.4, 0.5) is 9.18 Å². The van der Waals surface area contributed by atoms with Gasteiger partial charge in [0.05, 0.1) is 12.5 Å². The number of carbonyl (C=O) groups is 2. The smallest absolute Gasteiger partial charge is 0.315 e. The van der Waals surface area contributed by atoms with E-state index in [4.69, 9.17) is 5.11 Å². The van der Waals surface area contributed by atoms with Crippen LogP contribution in [0, 0.1) is 5.82 Å². The molecule has 0 bridgehead atoms. The van der Waals surface area contributed by atoms with Crippen LogP contribution >= 0.6 is 0 Å². The van der Waals surface area contributed by atoms with Crippen LogP contribution in [0.3, 0.4) is 0 Å². The fourth-order valence-electron chi connectivity index (χ4n) is 1.68. The van der Waals surface area contributed by atoms with E-state index in [1.807, 2.05) is 0 Å². The molecule has 2 atom stereocenters. The van der Waals surface area contributed by atoms with Gasteiger partial charge >= 0.3 is 12.0 Å². The number of benzene rings is 1. The quantitative estimate of drug-likeness (QED) is 0.764. The van der Waals surface area contributed by atoms with E-state index >= 15 is 0 Å². The van der Waals surface area contributed by atoms with Gasteiger partial charge in [0.1, 0.15) is 5.82 Å². The number of hydrogen-bond acceptors (Lipinski definition) is 2. The topological polar surface area (TPSA) is 78.4 Å². The summed E-state index contributed by atoms with van der Waals surface area (Å²) in [5, 5.41) is 13.6. The molecule has 0 spiro atoms. The molecule has 0 aliphatic heterocycles. The second-order valence-electron chi connectivity index (χ2n) is 4.36. The number of amides is 2. The van der Waals surface area contributed by atoms with Crippen LogP contribution in [0.5, 0.6) is 0 Å². The van der Waals surface area contributed by atoms with E-state index in [1.54, 1.807) is 32.0 Å². The molecule has 0 aliphatic rings. The number of aliphatic carboxylic acids is 1. The maximum atomic E-state index is 13.5. The zero-order chi connectivity index (χ0) is 14.4. The molecular formula is C13H17FN2O3. The number of hydrogen-bond donors (Lipinski definition) is 3. The van der Waals surface area contributed by atoms with E-state index in [2.05, 4.69) is 10.6 Å². The maximum Gasteiger partial charge on any atom is 0.315 e. The molecule has 0 heterocycles. The summed E-state index contributed by atoms with van der Waals surface area (Å²) in [5.41, 5.74) is 0.378. The van der Waals surface area contributed by atoms with Crippen molar-refractivity contribution in [2.45, 2.75) is 32.4 Å². The molecule has 1 aromatic rings. The largest absolute Gasteiger partial charge is 0.481 e. The van der Waals surface area contributed by atoms with Crippen LogP contribution in [0.1, 0.15) is 31.9 Å². The molecule has 3 N–H and O–H groups in total. The van der Waals surface area contributed by atoms with Crippen molar-refractivity contribution in [1.29, 1.82) is 0 Å². The van der Waals surface area contributed by atoms with Crippen LogP contribution in [0.15, 0.2) is 24.3 Å². The van der Waals surface area contributed by atoms with Crippen LogP contribution in [-0.2, 0) is 4.79 Å². The van der Waals surface area contributed by atoms with E-state index in [0.29, 0.717) is 5.56 Å². The summed E-state index contributed by atoms with van der Waals surface area (Å²) in [6.45, 7) is 3.24. The normalized spacial score (nSPS) is 13.4. The van der Waals surface area contributed by atoms with Crippen molar-refractivity contribution in [3.05, 3.63) is 35.6 Å². The molecule has 1 aromatic carbocycles. The Balaban J connectivity index is 2.53. The van der Waals surface area contributed by atoms with Crippen molar-refractivity contribution < 1.29 is 19.1 Å². The highest BCUT2D eigenvalue weighted by Gasteiger charge is 2.15. The summed E-state index contributed by atoms with van der Waals surface area (Å²) >= 11 is 0. The monoisotopic (exact) mass is 268 g/mol. The molecule has 19 heavy (non-hydrogen) atoms. The Bertz CT molecular complexity index is 465. The predicted molar refractivity (Wildman–Crippen MR) is 68.2 cm³/mol. The summed E-state index contributed by atoms with van der Waals surface area (Å²) in [6, 6.07) is 4.63. The van der Waals surface area contributed by atoms with Gasteiger partial charge in [0.2, 0.25) is 0 Å². The van der Waals surface area contributed by atoms with Gasteiger partial charge in [-0.05, 0) is 19.9 Å². The molecular weight excluding hydrogens is 251 g/mol. The van der Waals surface area contributed by atoms with Gasteiger partial charge in [-0.25, -0.2) is 9.18 Å². The molecule has 0 saturated heterocycles. The molecule has 0 saturated carbocycles. The van der Waals surface area contributed by atoms with Gasteiger partial charge in [-0.1, -0.05) is 18.2 Å². The van der Waals surface area contributed by atoms with Crippen LogP contribution in [-0.4, -0.2) is 23.1 Å². The highest BCUT2D eigenvalue weighted by atomic mass is 19.1. The molecule has 2 amide bonds. The zero-order valence-electron chi connectivity index (χ0n) is 10.8. The van der Waals surface area contributed by atoms with Gasteiger partial charge in [0, 0.05) is 11.6 Å². The molecule has 0 aliphatic carbocycles. The fourth-order valence-corrected chi connectivity index (χ4v) is 1.68. The Morgan fingerprint density at radius 3 is 2.47 bits per heavy atom. The predicted octanol–water partition coefficient (Wildman–Crippen LogP) is 2.05. The van der Waals surface area contributed by atoms with Crippen LogP contribution < -0.4 is 10.6 Å². The van der Waals surface area contributed by atoms with E-state index in [1.165, 1.54) is 6.07 Å². The Morgan fingerprint density at radius 1 is 1.26 bits per heavy atom. The summed E-state index contributed by atoms with van der Waals surface area (Å²) in [6.07, 6.45) is -0.165. The van der Waals surface area contributed by atoms with Crippen molar-refractivity contribution in [3.63, 3.8) is 0 Å². The average molecular weight is 268 g/mol. The highest BCUT2D eigenvalue weighted by Crippen LogP contribution is 2.15. The zero-order valence-corrected chi connectivity index (χ0v) is 10.8. The van der Waals surface area contributed by atoms with Crippen LogP contribution in [0.25, 0.3) is 0 Å². The maximum absolute atomic E-state index is 13.5. The third-order valence-corrected chi connectivity index (χ3v) is 2.58. The van der Waals surface area contributed by atoms with Gasteiger partial charge in [-0.3, -0.25) is 4.79 Å². The Hall–Kier alpha value is -2.11. The van der Waals surface area contributed by atoms with Gasteiger partial charge in [0.25, 0.3) is 0 Å². The molecule has 2 unspecified atom stereocenters. The minimum atomic E-state index is -0.991. The number of carboxylic acids is 1. The first-order valence-electron chi connectivity index (χ1n) is 5.93. The molecule has 0 aromatic heterocycles. The first-order chi connectivity index (χ1) is 8.90. The number of urea groups is 1.